The van der Waals surface area contributed by atoms with Gasteiger partial charge in [-0.05, 0) is 31.4 Å². The maximum atomic E-state index is 12.5. The molecule has 1 heterocycles. The van der Waals surface area contributed by atoms with Crippen molar-refractivity contribution in [2.45, 2.75) is 45.2 Å². The van der Waals surface area contributed by atoms with Crippen LogP contribution in [0.2, 0.25) is 0 Å². The molecule has 4 heteroatoms. The molecule has 1 atom stereocenters. The number of rotatable bonds is 7. The van der Waals surface area contributed by atoms with Gasteiger partial charge in [0, 0.05) is 38.7 Å². The van der Waals surface area contributed by atoms with Crippen LogP contribution in [0.25, 0.3) is 0 Å². The molecule has 22 heavy (non-hydrogen) atoms. The fourth-order valence-electron chi connectivity index (χ4n) is 3.09. The maximum absolute atomic E-state index is 12.5. The van der Waals surface area contributed by atoms with E-state index in [1.807, 2.05) is 18.2 Å². The SMILES string of the molecule is CCC1CN(CCCCO)CCC(=O)N1Cc1ccccc1. The van der Waals surface area contributed by atoms with Crippen molar-refractivity contribution in [1.29, 1.82) is 0 Å². The molecule has 0 saturated carbocycles. The molecule has 122 valence electrons. The molecule has 1 aromatic carbocycles. The lowest BCUT2D eigenvalue weighted by atomic mass is 10.1. The van der Waals surface area contributed by atoms with Crippen molar-refractivity contribution in [3.05, 3.63) is 35.9 Å². The monoisotopic (exact) mass is 304 g/mol. The molecule has 0 spiro atoms. The Kier molecular flexibility index (Phi) is 6.87. The van der Waals surface area contributed by atoms with E-state index in [2.05, 4.69) is 28.9 Å². The molecule has 1 N–H and O–H groups in total. The summed E-state index contributed by atoms with van der Waals surface area (Å²) in [7, 11) is 0. The third-order valence-corrected chi connectivity index (χ3v) is 4.42. The first-order valence-electron chi connectivity index (χ1n) is 8.41. The summed E-state index contributed by atoms with van der Waals surface area (Å²) in [5, 5.41) is 8.92. The minimum absolute atomic E-state index is 0.254. The highest BCUT2D eigenvalue weighted by atomic mass is 16.2. The van der Waals surface area contributed by atoms with E-state index in [9.17, 15) is 4.79 Å². The zero-order valence-electron chi connectivity index (χ0n) is 13.6. The maximum Gasteiger partial charge on any atom is 0.224 e. The molecule has 0 aromatic heterocycles. The Morgan fingerprint density at radius 3 is 2.68 bits per heavy atom. The third-order valence-electron chi connectivity index (χ3n) is 4.42. The highest BCUT2D eigenvalue weighted by molar-refractivity contribution is 5.77. The summed E-state index contributed by atoms with van der Waals surface area (Å²) >= 11 is 0. The van der Waals surface area contributed by atoms with Crippen LogP contribution in [-0.2, 0) is 11.3 Å². The highest BCUT2D eigenvalue weighted by Gasteiger charge is 2.28. The van der Waals surface area contributed by atoms with Gasteiger partial charge < -0.3 is 14.9 Å². The molecule has 1 aliphatic rings. The fourth-order valence-corrected chi connectivity index (χ4v) is 3.09. The molecule has 0 aliphatic carbocycles. The zero-order chi connectivity index (χ0) is 15.8. The number of nitrogens with zero attached hydrogens (tertiary/aromatic N) is 2. The molecule has 4 nitrogen and oxygen atoms in total. The summed E-state index contributed by atoms with van der Waals surface area (Å²) in [4.78, 5) is 17.0. The number of aliphatic hydroxyl groups is 1. The number of aliphatic hydroxyl groups excluding tert-OH is 1. The average molecular weight is 304 g/mol. The van der Waals surface area contributed by atoms with E-state index in [-0.39, 0.29) is 18.6 Å². The summed E-state index contributed by atoms with van der Waals surface area (Å²) in [5.41, 5.74) is 1.20. The van der Waals surface area contributed by atoms with Crippen LogP contribution in [-0.4, -0.2) is 53.1 Å². The van der Waals surface area contributed by atoms with E-state index in [0.717, 1.165) is 38.9 Å². The molecular formula is C18H28N2O2. The lowest BCUT2D eigenvalue weighted by Crippen LogP contribution is -2.42. The highest BCUT2D eigenvalue weighted by Crippen LogP contribution is 2.18. The number of unbranched alkanes of at least 4 members (excludes halogenated alkanes) is 1. The van der Waals surface area contributed by atoms with Crippen LogP contribution in [0.15, 0.2) is 30.3 Å². The summed E-state index contributed by atoms with van der Waals surface area (Å²) in [6, 6.07) is 10.5. The van der Waals surface area contributed by atoms with Gasteiger partial charge in [0.1, 0.15) is 0 Å². The fraction of sp³-hybridized carbons (Fsp3) is 0.611. The van der Waals surface area contributed by atoms with Gasteiger partial charge in [-0.25, -0.2) is 0 Å². The van der Waals surface area contributed by atoms with Crippen molar-refractivity contribution >= 4 is 5.91 Å². The first kappa shape index (κ1) is 17.0. The van der Waals surface area contributed by atoms with E-state index < -0.39 is 0 Å². The van der Waals surface area contributed by atoms with Crippen LogP contribution in [0, 0.1) is 0 Å². The second-order valence-corrected chi connectivity index (χ2v) is 6.05. The van der Waals surface area contributed by atoms with E-state index in [1.165, 1.54) is 5.56 Å². The van der Waals surface area contributed by atoms with Crippen molar-refractivity contribution in [2.75, 3.05) is 26.2 Å². The van der Waals surface area contributed by atoms with Gasteiger partial charge in [-0.2, -0.15) is 0 Å². The van der Waals surface area contributed by atoms with Gasteiger partial charge in [0.05, 0.1) is 0 Å². The molecule has 1 amide bonds. The van der Waals surface area contributed by atoms with Crippen LogP contribution in [0.3, 0.4) is 0 Å². The van der Waals surface area contributed by atoms with Crippen LogP contribution in [0.1, 0.15) is 38.2 Å². The average Bonchev–Trinajstić information content (AvgIpc) is 2.69. The number of carbonyl (C=O) groups is 1. The summed E-state index contributed by atoms with van der Waals surface area (Å²) in [5.74, 6) is 0.264. The quantitative estimate of drug-likeness (QED) is 0.786. The molecule has 1 unspecified atom stereocenters. The van der Waals surface area contributed by atoms with Crippen molar-refractivity contribution in [3.8, 4) is 0 Å². The Morgan fingerprint density at radius 1 is 1.23 bits per heavy atom. The largest absolute Gasteiger partial charge is 0.396 e. The lowest BCUT2D eigenvalue weighted by molar-refractivity contribution is -0.133. The van der Waals surface area contributed by atoms with Gasteiger partial charge in [-0.15, -0.1) is 0 Å². The molecular weight excluding hydrogens is 276 g/mol. The normalized spacial score (nSPS) is 20.2. The standard InChI is InChI=1S/C18H28N2O2/c1-2-17-15-19(11-6-7-13-21)12-10-18(22)20(17)14-16-8-4-3-5-9-16/h3-5,8-9,17,21H,2,6-7,10-15H2,1H3. The molecule has 1 fully saturated rings. The Labute approximate surface area is 133 Å². The second-order valence-electron chi connectivity index (χ2n) is 6.05. The number of hydrogen-bond donors (Lipinski definition) is 1. The van der Waals surface area contributed by atoms with E-state index in [0.29, 0.717) is 13.0 Å². The predicted molar refractivity (Wildman–Crippen MR) is 88.4 cm³/mol. The summed E-state index contributed by atoms with van der Waals surface area (Å²) < 4.78 is 0. The predicted octanol–water partition coefficient (Wildman–Crippen LogP) is 2.27. The zero-order valence-corrected chi connectivity index (χ0v) is 13.6. The lowest BCUT2D eigenvalue weighted by Gasteiger charge is -2.31. The van der Waals surface area contributed by atoms with Crippen molar-refractivity contribution < 1.29 is 9.90 Å². The Balaban J connectivity index is 2.00. The number of carbonyl (C=O) groups excluding carboxylic acids is 1. The summed E-state index contributed by atoms with van der Waals surface area (Å²) in [6.45, 7) is 5.88. The Bertz CT molecular complexity index is 450. The minimum atomic E-state index is 0.254. The van der Waals surface area contributed by atoms with Crippen LogP contribution in [0.4, 0.5) is 0 Å². The first-order valence-corrected chi connectivity index (χ1v) is 8.41. The molecule has 2 rings (SSSR count). The van der Waals surface area contributed by atoms with Gasteiger partial charge in [-0.3, -0.25) is 4.79 Å². The summed E-state index contributed by atoms with van der Waals surface area (Å²) in [6.07, 6.45) is 3.42. The van der Waals surface area contributed by atoms with Crippen LogP contribution >= 0.6 is 0 Å². The van der Waals surface area contributed by atoms with E-state index >= 15 is 0 Å². The molecule has 0 bridgehead atoms. The van der Waals surface area contributed by atoms with Gasteiger partial charge in [0.25, 0.3) is 0 Å². The number of benzene rings is 1. The van der Waals surface area contributed by atoms with Gasteiger partial charge in [0.2, 0.25) is 5.91 Å². The number of amides is 1. The van der Waals surface area contributed by atoms with Gasteiger partial charge in [0.15, 0.2) is 0 Å². The van der Waals surface area contributed by atoms with Crippen LogP contribution < -0.4 is 0 Å². The van der Waals surface area contributed by atoms with Crippen molar-refractivity contribution in [3.63, 3.8) is 0 Å². The van der Waals surface area contributed by atoms with Gasteiger partial charge in [-0.1, -0.05) is 37.3 Å². The molecule has 0 radical (unpaired) electrons. The van der Waals surface area contributed by atoms with Crippen molar-refractivity contribution in [2.24, 2.45) is 0 Å². The van der Waals surface area contributed by atoms with Gasteiger partial charge >= 0.3 is 0 Å². The van der Waals surface area contributed by atoms with Crippen molar-refractivity contribution in [1.82, 2.24) is 9.80 Å². The molecule has 1 aliphatic heterocycles. The smallest absolute Gasteiger partial charge is 0.224 e. The Hall–Kier alpha value is -1.39. The topological polar surface area (TPSA) is 43.8 Å². The number of hydrogen-bond acceptors (Lipinski definition) is 3. The van der Waals surface area contributed by atoms with E-state index in [1.54, 1.807) is 0 Å². The molecule has 1 saturated heterocycles. The first-order chi connectivity index (χ1) is 10.7. The Morgan fingerprint density at radius 2 is 2.00 bits per heavy atom. The second kappa shape index (κ2) is 8.91. The minimum Gasteiger partial charge on any atom is -0.396 e. The van der Waals surface area contributed by atoms with E-state index in [4.69, 9.17) is 5.11 Å². The van der Waals surface area contributed by atoms with Crippen LogP contribution in [0.5, 0.6) is 0 Å². The third kappa shape index (κ3) is 4.82. The molecule has 1 aromatic rings.